The zero-order valence-corrected chi connectivity index (χ0v) is 12.4. The molecule has 108 valence electrons. The number of rotatable bonds is 5. The van der Waals surface area contributed by atoms with E-state index in [2.05, 4.69) is 60.7 Å². The number of nitrogens with zero attached hydrogens (tertiary/aromatic N) is 1. The SMILES string of the molecule is CN(C)Cc1ccc(CNC(=O)[C@H]2CC=CCC2)cc1. The summed E-state index contributed by atoms with van der Waals surface area (Å²) in [5.74, 6) is 0.347. The van der Waals surface area contributed by atoms with Gasteiger partial charge in [-0.05, 0) is 44.5 Å². The number of nitrogens with one attached hydrogen (secondary N) is 1. The van der Waals surface area contributed by atoms with Crippen molar-refractivity contribution in [1.29, 1.82) is 0 Å². The highest BCUT2D eigenvalue weighted by atomic mass is 16.1. The fourth-order valence-corrected chi connectivity index (χ4v) is 2.49. The zero-order valence-electron chi connectivity index (χ0n) is 12.4. The van der Waals surface area contributed by atoms with Crippen LogP contribution in [0.3, 0.4) is 0 Å². The summed E-state index contributed by atoms with van der Waals surface area (Å²) in [7, 11) is 4.12. The highest BCUT2D eigenvalue weighted by Gasteiger charge is 2.17. The molecule has 3 nitrogen and oxygen atoms in total. The average Bonchev–Trinajstić information content (AvgIpc) is 2.46. The van der Waals surface area contributed by atoms with Gasteiger partial charge < -0.3 is 10.2 Å². The highest BCUT2D eigenvalue weighted by molar-refractivity contribution is 5.78. The van der Waals surface area contributed by atoms with Crippen LogP contribution in [0.5, 0.6) is 0 Å². The van der Waals surface area contributed by atoms with Gasteiger partial charge in [-0.1, -0.05) is 36.4 Å². The van der Waals surface area contributed by atoms with Gasteiger partial charge in [0.05, 0.1) is 0 Å². The second-order valence-electron chi connectivity index (χ2n) is 5.75. The number of hydrogen-bond donors (Lipinski definition) is 1. The average molecular weight is 272 g/mol. The third-order valence-corrected chi connectivity index (χ3v) is 3.63. The van der Waals surface area contributed by atoms with Gasteiger partial charge in [0.1, 0.15) is 0 Å². The fourth-order valence-electron chi connectivity index (χ4n) is 2.49. The highest BCUT2D eigenvalue weighted by Crippen LogP contribution is 2.18. The number of benzene rings is 1. The maximum absolute atomic E-state index is 12.0. The first-order chi connectivity index (χ1) is 9.65. The summed E-state index contributed by atoms with van der Waals surface area (Å²) in [4.78, 5) is 14.2. The van der Waals surface area contributed by atoms with E-state index in [1.807, 2.05) is 0 Å². The van der Waals surface area contributed by atoms with Crippen molar-refractivity contribution in [2.75, 3.05) is 14.1 Å². The van der Waals surface area contributed by atoms with Crippen LogP contribution in [-0.2, 0) is 17.9 Å². The van der Waals surface area contributed by atoms with E-state index in [0.717, 1.165) is 31.4 Å². The van der Waals surface area contributed by atoms with E-state index in [0.29, 0.717) is 6.54 Å². The van der Waals surface area contributed by atoms with Gasteiger partial charge in [0.15, 0.2) is 0 Å². The Morgan fingerprint density at radius 2 is 1.90 bits per heavy atom. The predicted molar refractivity (Wildman–Crippen MR) is 82.2 cm³/mol. The van der Waals surface area contributed by atoms with Gasteiger partial charge in [-0.3, -0.25) is 4.79 Å². The second-order valence-corrected chi connectivity index (χ2v) is 5.75. The van der Waals surface area contributed by atoms with Crippen molar-refractivity contribution in [1.82, 2.24) is 10.2 Å². The maximum Gasteiger partial charge on any atom is 0.223 e. The van der Waals surface area contributed by atoms with Crippen LogP contribution in [0.1, 0.15) is 30.4 Å². The van der Waals surface area contributed by atoms with Crippen molar-refractivity contribution in [3.8, 4) is 0 Å². The summed E-state index contributed by atoms with van der Waals surface area (Å²) in [6, 6.07) is 8.45. The molecule has 1 aromatic rings. The fraction of sp³-hybridized carbons (Fsp3) is 0.471. The van der Waals surface area contributed by atoms with Crippen LogP contribution < -0.4 is 5.32 Å². The minimum absolute atomic E-state index is 0.160. The number of allylic oxidation sites excluding steroid dienone is 2. The van der Waals surface area contributed by atoms with Gasteiger partial charge in [-0.2, -0.15) is 0 Å². The Kier molecular flexibility index (Phi) is 5.36. The molecule has 2 rings (SSSR count). The van der Waals surface area contributed by atoms with Crippen LogP contribution in [-0.4, -0.2) is 24.9 Å². The van der Waals surface area contributed by atoms with E-state index in [4.69, 9.17) is 0 Å². The van der Waals surface area contributed by atoms with Gasteiger partial charge in [0.25, 0.3) is 0 Å². The normalized spacial score (nSPS) is 18.2. The topological polar surface area (TPSA) is 32.3 Å². The molecule has 0 aliphatic heterocycles. The van der Waals surface area contributed by atoms with E-state index in [-0.39, 0.29) is 11.8 Å². The third kappa shape index (κ3) is 4.49. The summed E-state index contributed by atoms with van der Waals surface area (Å²) in [5.41, 5.74) is 2.45. The lowest BCUT2D eigenvalue weighted by molar-refractivity contribution is -0.125. The van der Waals surface area contributed by atoms with Crippen LogP contribution in [0, 0.1) is 5.92 Å². The van der Waals surface area contributed by atoms with Crippen molar-refractivity contribution in [2.45, 2.75) is 32.4 Å². The minimum atomic E-state index is 0.160. The molecule has 0 saturated heterocycles. The summed E-state index contributed by atoms with van der Waals surface area (Å²) < 4.78 is 0. The second kappa shape index (κ2) is 7.25. The first-order valence-corrected chi connectivity index (χ1v) is 7.30. The Balaban J connectivity index is 1.81. The van der Waals surface area contributed by atoms with Gasteiger partial charge >= 0.3 is 0 Å². The first kappa shape index (κ1) is 14.8. The lowest BCUT2D eigenvalue weighted by atomic mass is 9.93. The largest absolute Gasteiger partial charge is 0.352 e. The van der Waals surface area contributed by atoms with Crippen molar-refractivity contribution in [2.24, 2.45) is 5.92 Å². The van der Waals surface area contributed by atoms with E-state index in [1.54, 1.807) is 0 Å². The van der Waals surface area contributed by atoms with Gasteiger partial charge in [-0.25, -0.2) is 0 Å². The Labute approximate surface area is 121 Å². The third-order valence-electron chi connectivity index (χ3n) is 3.63. The van der Waals surface area contributed by atoms with E-state index < -0.39 is 0 Å². The molecule has 1 atom stereocenters. The Morgan fingerprint density at radius 1 is 1.20 bits per heavy atom. The molecule has 0 fully saturated rings. The Morgan fingerprint density at radius 3 is 2.50 bits per heavy atom. The number of carbonyl (C=O) groups excluding carboxylic acids is 1. The van der Waals surface area contributed by atoms with Gasteiger partial charge in [0, 0.05) is 19.0 Å². The molecule has 1 amide bonds. The maximum atomic E-state index is 12.0. The number of hydrogen-bond acceptors (Lipinski definition) is 2. The first-order valence-electron chi connectivity index (χ1n) is 7.30. The molecule has 0 saturated carbocycles. The van der Waals surface area contributed by atoms with Crippen LogP contribution >= 0.6 is 0 Å². The van der Waals surface area contributed by atoms with E-state index in [1.165, 1.54) is 5.56 Å². The van der Waals surface area contributed by atoms with Crippen molar-refractivity contribution >= 4 is 5.91 Å². The van der Waals surface area contributed by atoms with Crippen LogP contribution in [0.25, 0.3) is 0 Å². The predicted octanol–water partition coefficient (Wildman–Crippen LogP) is 2.72. The summed E-state index contributed by atoms with van der Waals surface area (Å²) in [6.45, 7) is 1.57. The molecule has 3 heteroatoms. The molecule has 0 spiro atoms. The molecule has 0 unspecified atom stereocenters. The van der Waals surface area contributed by atoms with Crippen LogP contribution in [0.2, 0.25) is 0 Å². The van der Waals surface area contributed by atoms with Crippen molar-refractivity contribution in [3.05, 3.63) is 47.5 Å². The standard InChI is InChI=1S/C17H24N2O/c1-19(2)13-15-10-8-14(9-11-15)12-18-17(20)16-6-4-3-5-7-16/h3-4,8-11,16H,5-7,12-13H2,1-2H3,(H,18,20)/t16-/m0/s1. The molecule has 1 aliphatic carbocycles. The quantitative estimate of drug-likeness (QED) is 0.836. The monoisotopic (exact) mass is 272 g/mol. The molecule has 0 bridgehead atoms. The molecule has 1 aromatic carbocycles. The van der Waals surface area contributed by atoms with Gasteiger partial charge in [0.2, 0.25) is 5.91 Å². The molecule has 20 heavy (non-hydrogen) atoms. The van der Waals surface area contributed by atoms with E-state index >= 15 is 0 Å². The lowest BCUT2D eigenvalue weighted by Gasteiger charge is -2.17. The van der Waals surface area contributed by atoms with E-state index in [9.17, 15) is 4.79 Å². The number of amides is 1. The summed E-state index contributed by atoms with van der Waals surface area (Å²) in [5, 5.41) is 3.05. The van der Waals surface area contributed by atoms with Gasteiger partial charge in [-0.15, -0.1) is 0 Å². The van der Waals surface area contributed by atoms with Crippen molar-refractivity contribution < 1.29 is 4.79 Å². The van der Waals surface area contributed by atoms with Crippen LogP contribution in [0.4, 0.5) is 0 Å². The smallest absolute Gasteiger partial charge is 0.223 e. The zero-order chi connectivity index (χ0) is 14.4. The molecule has 0 radical (unpaired) electrons. The summed E-state index contributed by atoms with van der Waals surface area (Å²) >= 11 is 0. The molecular weight excluding hydrogens is 248 g/mol. The lowest BCUT2D eigenvalue weighted by Crippen LogP contribution is -2.30. The van der Waals surface area contributed by atoms with Crippen molar-refractivity contribution in [3.63, 3.8) is 0 Å². The number of carbonyl (C=O) groups is 1. The molecule has 0 aromatic heterocycles. The minimum Gasteiger partial charge on any atom is -0.352 e. The molecule has 1 aliphatic rings. The Bertz CT molecular complexity index is 462. The summed E-state index contributed by atoms with van der Waals surface area (Å²) in [6.07, 6.45) is 7.16. The Hall–Kier alpha value is -1.61. The molecular formula is C17H24N2O. The molecule has 1 N–H and O–H groups in total. The molecule has 0 heterocycles. The van der Waals surface area contributed by atoms with Crippen LogP contribution in [0.15, 0.2) is 36.4 Å².